The molecule has 1 N–H and O–H groups in total. The van der Waals surface area contributed by atoms with E-state index in [4.69, 9.17) is 0 Å². The Kier molecular flexibility index (Phi) is 5.99. The number of hydrogen-bond donors (Lipinski definition) is 1. The number of nitrogens with one attached hydrogen (secondary N) is 1. The van der Waals surface area contributed by atoms with E-state index in [-0.39, 0.29) is 18.0 Å². The molecule has 0 radical (unpaired) electrons. The number of rotatable bonds is 5. The normalized spacial score (nSPS) is 11.0. The minimum atomic E-state index is -4.46. The van der Waals surface area contributed by atoms with Gasteiger partial charge in [-0.2, -0.15) is 13.2 Å². The van der Waals surface area contributed by atoms with E-state index in [0.717, 1.165) is 24.3 Å². The molecule has 0 heterocycles. The number of carbonyl (C=O) groups is 3. The average Bonchev–Trinajstić information content (AvgIpc) is 2.59. The van der Waals surface area contributed by atoms with Crippen LogP contribution in [-0.4, -0.2) is 24.1 Å². The third kappa shape index (κ3) is 5.40. The maximum Gasteiger partial charge on any atom is 0.416 e. The number of halogens is 3. The third-order valence-electron chi connectivity index (χ3n) is 3.74. The molecular weight excluding hydrogens is 361 g/mol. The molecule has 0 unspecified atom stereocenters. The number of alkyl halides is 3. The van der Waals surface area contributed by atoms with Crippen LogP contribution in [0.1, 0.15) is 29.8 Å². The first-order valence-electron chi connectivity index (χ1n) is 7.94. The second-order valence-electron chi connectivity index (χ2n) is 5.83. The van der Waals surface area contributed by atoms with Crippen molar-refractivity contribution in [2.45, 2.75) is 20.0 Å². The minimum Gasteiger partial charge on any atom is -0.325 e. The molecular formula is C19H17F3N2O3. The van der Waals surface area contributed by atoms with Crippen LogP contribution < -0.4 is 10.2 Å². The summed E-state index contributed by atoms with van der Waals surface area (Å²) in [5.41, 5.74) is 0.112. The van der Waals surface area contributed by atoms with Crippen molar-refractivity contribution in [3.8, 4) is 0 Å². The van der Waals surface area contributed by atoms with Crippen LogP contribution in [0.4, 0.5) is 24.5 Å². The van der Waals surface area contributed by atoms with E-state index in [1.165, 1.54) is 24.8 Å². The maximum absolute atomic E-state index is 12.6. The first-order chi connectivity index (χ1) is 12.6. The highest BCUT2D eigenvalue weighted by molar-refractivity contribution is 6.03. The van der Waals surface area contributed by atoms with Crippen molar-refractivity contribution in [1.29, 1.82) is 0 Å². The third-order valence-corrected chi connectivity index (χ3v) is 3.74. The van der Waals surface area contributed by atoms with E-state index in [0.29, 0.717) is 11.3 Å². The standard InChI is InChI=1S/C19H17F3N2O3/c1-12(25)14-4-3-5-17(10-14)24(13(2)26)11-18(27)23-16-8-6-15(7-9-16)19(20,21)22/h3-10H,11H2,1-2H3,(H,23,27). The summed E-state index contributed by atoms with van der Waals surface area (Å²) in [5, 5.41) is 2.45. The topological polar surface area (TPSA) is 66.5 Å². The fourth-order valence-electron chi connectivity index (χ4n) is 2.36. The van der Waals surface area contributed by atoms with Gasteiger partial charge in [0.1, 0.15) is 6.54 Å². The quantitative estimate of drug-likeness (QED) is 0.803. The Morgan fingerprint density at radius 2 is 1.63 bits per heavy atom. The first-order valence-corrected chi connectivity index (χ1v) is 7.94. The summed E-state index contributed by atoms with van der Waals surface area (Å²) in [7, 11) is 0. The van der Waals surface area contributed by atoms with E-state index in [2.05, 4.69) is 5.32 Å². The maximum atomic E-state index is 12.6. The van der Waals surface area contributed by atoms with Crippen molar-refractivity contribution >= 4 is 29.0 Å². The van der Waals surface area contributed by atoms with Gasteiger partial charge in [-0.1, -0.05) is 12.1 Å². The van der Waals surface area contributed by atoms with E-state index in [9.17, 15) is 27.6 Å². The molecule has 142 valence electrons. The van der Waals surface area contributed by atoms with Crippen LogP contribution in [0.25, 0.3) is 0 Å². The summed E-state index contributed by atoms with van der Waals surface area (Å²) in [6, 6.07) is 10.2. The molecule has 0 aliphatic heterocycles. The number of benzene rings is 2. The zero-order valence-corrected chi connectivity index (χ0v) is 14.6. The van der Waals surface area contributed by atoms with Gasteiger partial charge >= 0.3 is 6.18 Å². The number of ketones is 1. The number of anilines is 2. The molecule has 0 saturated carbocycles. The van der Waals surface area contributed by atoms with E-state index >= 15 is 0 Å². The lowest BCUT2D eigenvalue weighted by Gasteiger charge is -2.21. The Morgan fingerprint density at radius 3 is 2.15 bits per heavy atom. The van der Waals surface area contributed by atoms with Crippen molar-refractivity contribution in [3.63, 3.8) is 0 Å². The number of hydrogen-bond acceptors (Lipinski definition) is 3. The predicted molar refractivity (Wildman–Crippen MR) is 94.5 cm³/mol. The van der Waals surface area contributed by atoms with Crippen LogP contribution in [-0.2, 0) is 15.8 Å². The molecule has 0 bridgehead atoms. The smallest absolute Gasteiger partial charge is 0.325 e. The molecule has 0 aliphatic rings. The van der Waals surface area contributed by atoms with Gasteiger partial charge in [0.25, 0.3) is 0 Å². The monoisotopic (exact) mass is 378 g/mol. The Morgan fingerprint density at radius 1 is 1.00 bits per heavy atom. The van der Waals surface area contributed by atoms with E-state index in [1.807, 2.05) is 0 Å². The highest BCUT2D eigenvalue weighted by atomic mass is 19.4. The molecule has 0 spiro atoms. The van der Waals surface area contributed by atoms with Crippen molar-refractivity contribution in [2.75, 3.05) is 16.8 Å². The van der Waals surface area contributed by atoms with Crippen LogP contribution in [0.2, 0.25) is 0 Å². The van der Waals surface area contributed by atoms with Crippen molar-refractivity contribution < 1.29 is 27.6 Å². The first kappa shape index (κ1) is 20.2. The minimum absolute atomic E-state index is 0.175. The lowest BCUT2D eigenvalue weighted by atomic mass is 10.1. The molecule has 2 aromatic rings. The number of nitrogens with zero attached hydrogens (tertiary/aromatic N) is 1. The molecule has 2 amide bonds. The van der Waals surface area contributed by atoms with Crippen LogP contribution in [0.3, 0.4) is 0 Å². The van der Waals surface area contributed by atoms with Crippen molar-refractivity contribution in [2.24, 2.45) is 0 Å². The Labute approximate surface area is 153 Å². The van der Waals surface area contributed by atoms with Crippen molar-refractivity contribution in [1.82, 2.24) is 0 Å². The van der Waals surface area contributed by atoms with Crippen LogP contribution in [0.15, 0.2) is 48.5 Å². The molecule has 0 aromatic heterocycles. The molecule has 0 atom stereocenters. The van der Waals surface area contributed by atoms with Gasteiger partial charge in [0.05, 0.1) is 5.56 Å². The van der Waals surface area contributed by atoms with Gasteiger partial charge in [0, 0.05) is 23.9 Å². The van der Waals surface area contributed by atoms with Gasteiger partial charge in [-0.05, 0) is 43.3 Å². The zero-order valence-electron chi connectivity index (χ0n) is 14.6. The Bertz CT molecular complexity index is 861. The fourth-order valence-corrected chi connectivity index (χ4v) is 2.36. The van der Waals surface area contributed by atoms with Crippen molar-refractivity contribution in [3.05, 3.63) is 59.7 Å². The van der Waals surface area contributed by atoms with Gasteiger partial charge < -0.3 is 10.2 Å². The van der Waals surface area contributed by atoms with E-state index in [1.54, 1.807) is 18.2 Å². The van der Waals surface area contributed by atoms with Gasteiger partial charge in [0.15, 0.2) is 5.78 Å². The summed E-state index contributed by atoms with van der Waals surface area (Å²) in [4.78, 5) is 36.8. The molecule has 8 heteroatoms. The summed E-state index contributed by atoms with van der Waals surface area (Å²) in [6.45, 7) is 2.30. The summed E-state index contributed by atoms with van der Waals surface area (Å²) >= 11 is 0. The van der Waals surface area contributed by atoms with Crippen LogP contribution >= 0.6 is 0 Å². The summed E-state index contributed by atoms with van der Waals surface area (Å²) in [5.74, 6) is -1.19. The fraction of sp³-hybridized carbons (Fsp3) is 0.211. The summed E-state index contributed by atoms with van der Waals surface area (Å²) < 4.78 is 37.7. The SMILES string of the molecule is CC(=O)c1cccc(N(CC(=O)Nc2ccc(C(F)(F)F)cc2)C(C)=O)c1. The number of Topliss-reactive ketones (excluding diaryl/α,β-unsaturated/α-hetero) is 1. The predicted octanol–water partition coefficient (Wildman–Crippen LogP) is 3.90. The van der Waals surface area contributed by atoms with Gasteiger partial charge in [0.2, 0.25) is 11.8 Å². The Balaban J connectivity index is 2.12. The summed E-state index contributed by atoms with van der Waals surface area (Å²) in [6.07, 6.45) is -4.46. The van der Waals surface area contributed by atoms with Crippen LogP contribution in [0.5, 0.6) is 0 Å². The van der Waals surface area contributed by atoms with Gasteiger partial charge in [-0.3, -0.25) is 14.4 Å². The molecule has 0 fully saturated rings. The van der Waals surface area contributed by atoms with Gasteiger partial charge in [-0.15, -0.1) is 0 Å². The van der Waals surface area contributed by atoms with Crippen LogP contribution in [0, 0.1) is 0 Å². The molecule has 5 nitrogen and oxygen atoms in total. The average molecular weight is 378 g/mol. The van der Waals surface area contributed by atoms with Gasteiger partial charge in [-0.25, -0.2) is 0 Å². The lowest BCUT2D eigenvalue weighted by Crippen LogP contribution is -2.36. The number of amides is 2. The molecule has 2 rings (SSSR count). The molecule has 0 aliphatic carbocycles. The molecule has 2 aromatic carbocycles. The highest BCUT2D eigenvalue weighted by Crippen LogP contribution is 2.29. The largest absolute Gasteiger partial charge is 0.416 e. The van der Waals surface area contributed by atoms with E-state index < -0.39 is 23.6 Å². The second-order valence-corrected chi connectivity index (χ2v) is 5.83. The second kappa shape index (κ2) is 8.03. The lowest BCUT2D eigenvalue weighted by molar-refractivity contribution is -0.137. The number of carbonyl (C=O) groups excluding carboxylic acids is 3. The molecule has 0 saturated heterocycles. The zero-order chi connectivity index (χ0) is 20.2. The Hall–Kier alpha value is -3.16. The highest BCUT2D eigenvalue weighted by Gasteiger charge is 2.30. The molecule has 27 heavy (non-hydrogen) atoms.